The van der Waals surface area contributed by atoms with Gasteiger partial charge in [0.1, 0.15) is 0 Å². The lowest BCUT2D eigenvalue weighted by atomic mass is 10.0. The predicted molar refractivity (Wildman–Crippen MR) is 103 cm³/mol. The van der Waals surface area contributed by atoms with Gasteiger partial charge in [0.05, 0.1) is 16.5 Å². The number of carbonyl (C=O) groups is 2. The van der Waals surface area contributed by atoms with Crippen LogP contribution in [-0.4, -0.2) is 23.3 Å². The maximum Gasteiger partial charge on any atom is 0.306 e. The average molecular weight is 385 g/mol. The van der Waals surface area contributed by atoms with E-state index in [4.69, 9.17) is 0 Å². The quantitative estimate of drug-likeness (QED) is 0.642. The highest BCUT2D eigenvalue weighted by Gasteiger charge is 2.36. The van der Waals surface area contributed by atoms with Gasteiger partial charge in [0.2, 0.25) is 17.6 Å². The summed E-state index contributed by atoms with van der Waals surface area (Å²) in [6.07, 6.45) is -0.0129. The molecule has 0 radical (unpaired) electrons. The molecule has 2 aromatic rings. The zero-order chi connectivity index (χ0) is 20.6. The normalized spacial score (nSPS) is 16.4. The fraction of sp³-hybridized carbons (Fsp3) is 0.300. The third kappa shape index (κ3) is 3.71. The first kappa shape index (κ1) is 19.5. The minimum atomic E-state index is -0.972. The van der Waals surface area contributed by atoms with Gasteiger partial charge in [-0.05, 0) is 44.0 Å². The highest BCUT2D eigenvalue weighted by Crippen LogP contribution is 2.31. The second kappa shape index (κ2) is 7.38. The number of nitro benzene ring substituents is 1. The fourth-order valence-electron chi connectivity index (χ4n) is 3.54. The van der Waals surface area contributed by atoms with E-state index >= 15 is 0 Å². The zero-order valence-corrected chi connectivity index (χ0v) is 15.8. The van der Waals surface area contributed by atoms with Crippen molar-refractivity contribution in [3.05, 3.63) is 63.0 Å². The Bertz CT molecular complexity index is 966. The molecular weight excluding hydrogens is 365 g/mol. The number of anilines is 2. The molecule has 8 heteroatoms. The van der Waals surface area contributed by atoms with Crippen LogP contribution in [0.15, 0.2) is 30.3 Å². The minimum Gasteiger partial charge on any atom is -0.325 e. The molecule has 1 saturated heterocycles. The molecule has 3 rings (SSSR count). The topological polar surface area (TPSA) is 92.6 Å². The van der Waals surface area contributed by atoms with Crippen LogP contribution in [0.3, 0.4) is 0 Å². The lowest BCUT2D eigenvalue weighted by molar-refractivity contribution is -0.387. The average Bonchev–Trinajstić information content (AvgIpc) is 3.00. The van der Waals surface area contributed by atoms with Crippen LogP contribution in [0.1, 0.15) is 23.1 Å². The van der Waals surface area contributed by atoms with Gasteiger partial charge in [-0.3, -0.25) is 19.7 Å². The lowest BCUT2D eigenvalue weighted by Crippen LogP contribution is -2.28. The number of nitrogens with zero attached hydrogens (tertiary/aromatic N) is 2. The van der Waals surface area contributed by atoms with Crippen molar-refractivity contribution in [2.45, 2.75) is 27.2 Å². The molecule has 1 atom stereocenters. The largest absolute Gasteiger partial charge is 0.325 e. The summed E-state index contributed by atoms with van der Waals surface area (Å²) < 4.78 is 13.5. The molecule has 1 fully saturated rings. The first-order chi connectivity index (χ1) is 13.2. The molecule has 2 aromatic carbocycles. The van der Waals surface area contributed by atoms with Gasteiger partial charge in [-0.1, -0.05) is 17.7 Å². The molecule has 0 bridgehead atoms. The molecule has 0 aromatic heterocycles. The van der Waals surface area contributed by atoms with Crippen molar-refractivity contribution >= 4 is 28.9 Å². The molecule has 2 amide bonds. The zero-order valence-electron chi connectivity index (χ0n) is 15.8. The van der Waals surface area contributed by atoms with E-state index in [0.29, 0.717) is 0 Å². The molecule has 0 aliphatic carbocycles. The van der Waals surface area contributed by atoms with Crippen molar-refractivity contribution in [2.75, 3.05) is 16.8 Å². The van der Waals surface area contributed by atoms with E-state index in [9.17, 15) is 24.1 Å². The number of rotatable bonds is 4. The Morgan fingerprint density at radius 3 is 2.46 bits per heavy atom. The summed E-state index contributed by atoms with van der Waals surface area (Å²) in [7, 11) is 0. The van der Waals surface area contributed by atoms with Gasteiger partial charge in [0.15, 0.2) is 0 Å². The lowest BCUT2D eigenvalue weighted by Gasteiger charge is -2.18. The SMILES string of the molecule is Cc1cc(C)c(NC(=O)C2CC(=O)N(c3ccc(F)c([N+](=O)[O-])c3)C2)c(C)c1. The first-order valence-corrected chi connectivity index (χ1v) is 8.80. The minimum absolute atomic E-state index is 0.0129. The summed E-state index contributed by atoms with van der Waals surface area (Å²) in [5, 5.41) is 13.8. The highest BCUT2D eigenvalue weighted by atomic mass is 19.1. The van der Waals surface area contributed by atoms with E-state index in [-0.39, 0.29) is 30.5 Å². The fourth-order valence-corrected chi connectivity index (χ4v) is 3.54. The van der Waals surface area contributed by atoms with Gasteiger partial charge in [0.25, 0.3) is 0 Å². The van der Waals surface area contributed by atoms with Crippen LogP contribution in [-0.2, 0) is 9.59 Å². The molecule has 1 unspecified atom stereocenters. The number of hydrogen-bond donors (Lipinski definition) is 1. The van der Waals surface area contributed by atoms with Gasteiger partial charge in [0, 0.05) is 24.7 Å². The summed E-state index contributed by atoms with van der Waals surface area (Å²) in [4.78, 5) is 36.4. The maximum absolute atomic E-state index is 13.5. The second-order valence-electron chi connectivity index (χ2n) is 7.06. The number of halogens is 1. The summed E-state index contributed by atoms with van der Waals surface area (Å²) >= 11 is 0. The monoisotopic (exact) mass is 385 g/mol. The number of nitro groups is 1. The van der Waals surface area contributed by atoms with Crippen LogP contribution in [0.25, 0.3) is 0 Å². The van der Waals surface area contributed by atoms with E-state index in [1.165, 1.54) is 11.0 Å². The molecule has 28 heavy (non-hydrogen) atoms. The van der Waals surface area contributed by atoms with Gasteiger partial charge in [-0.2, -0.15) is 4.39 Å². The highest BCUT2D eigenvalue weighted by molar-refractivity contribution is 6.04. The van der Waals surface area contributed by atoms with Crippen molar-refractivity contribution in [2.24, 2.45) is 5.92 Å². The Labute approximate surface area is 161 Å². The Kier molecular flexibility index (Phi) is 5.13. The van der Waals surface area contributed by atoms with Crippen LogP contribution in [0.2, 0.25) is 0 Å². The summed E-state index contributed by atoms with van der Waals surface area (Å²) in [6, 6.07) is 7.20. The van der Waals surface area contributed by atoms with Crippen molar-refractivity contribution in [3.63, 3.8) is 0 Å². The van der Waals surface area contributed by atoms with Crippen LogP contribution >= 0.6 is 0 Å². The van der Waals surface area contributed by atoms with Gasteiger partial charge >= 0.3 is 5.69 Å². The Morgan fingerprint density at radius 2 is 1.86 bits per heavy atom. The van der Waals surface area contributed by atoms with Crippen LogP contribution in [0.4, 0.5) is 21.5 Å². The van der Waals surface area contributed by atoms with Crippen molar-refractivity contribution in [3.8, 4) is 0 Å². The van der Waals surface area contributed by atoms with E-state index in [2.05, 4.69) is 5.32 Å². The molecule has 1 heterocycles. The van der Waals surface area contributed by atoms with Gasteiger partial charge in [-0.25, -0.2) is 0 Å². The second-order valence-corrected chi connectivity index (χ2v) is 7.06. The smallest absolute Gasteiger partial charge is 0.306 e. The Morgan fingerprint density at radius 1 is 1.21 bits per heavy atom. The van der Waals surface area contributed by atoms with E-state index in [1.54, 1.807) is 0 Å². The van der Waals surface area contributed by atoms with Gasteiger partial charge in [-0.15, -0.1) is 0 Å². The number of hydrogen-bond acceptors (Lipinski definition) is 4. The standard InChI is InChI=1S/C20H20FN3O4/c1-11-6-12(2)19(13(3)7-11)22-20(26)14-8-18(25)23(10-14)15-4-5-16(21)17(9-15)24(27)28/h4-7,9,14H,8,10H2,1-3H3,(H,22,26). The van der Waals surface area contributed by atoms with Crippen LogP contribution in [0, 0.1) is 42.6 Å². The predicted octanol–water partition coefficient (Wildman–Crippen LogP) is 3.65. The van der Waals surface area contributed by atoms with E-state index in [0.717, 1.165) is 34.5 Å². The third-order valence-corrected chi connectivity index (χ3v) is 4.86. The molecular formula is C20H20FN3O4. The summed E-state index contributed by atoms with van der Waals surface area (Å²) in [5.74, 6) is -2.20. The van der Waals surface area contributed by atoms with Crippen molar-refractivity contribution in [1.29, 1.82) is 0 Å². The van der Waals surface area contributed by atoms with Crippen LogP contribution in [0.5, 0.6) is 0 Å². The Hall–Kier alpha value is -3.29. The molecule has 0 spiro atoms. The number of carbonyl (C=O) groups excluding carboxylic acids is 2. The Balaban J connectivity index is 1.79. The summed E-state index contributed by atoms with van der Waals surface area (Å²) in [5.41, 5.74) is 3.18. The maximum atomic E-state index is 13.5. The van der Waals surface area contributed by atoms with Crippen molar-refractivity contribution in [1.82, 2.24) is 0 Å². The third-order valence-electron chi connectivity index (χ3n) is 4.86. The molecule has 1 aliphatic heterocycles. The molecule has 1 N–H and O–H groups in total. The number of benzene rings is 2. The van der Waals surface area contributed by atoms with E-state index < -0.39 is 22.3 Å². The molecule has 1 aliphatic rings. The number of aryl methyl sites for hydroxylation is 3. The number of amides is 2. The van der Waals surface area contributed by atoms with Crippen LogP contribution < -0.4 is 10.2 Å². The number of nitrogens with one attached hydrogen (secondary N) is 1. The molecule has 146 valence electrons. The van der Waals surface area contributed by atoms with Crippen molar-refractivity contribution < 1.29 is 18.9 Å². The van der Waals surface area contributed by atoms with E-state index in [1.807, 2.05) is 32.9 Å². The molecule has 0 saturated carbocycles. The molecule has 7 nitrogen and oxygen atoms in total. The summed E-state index contributed by atoms with van der Waals surface area (Å²) in [6.45, 7) is 5.86. The van der Waals surface area contributed by atoms with Gasteiger partial charge < -0.3 is 10.2 Å². The first-order valence-electron chi connectivity index (χ1n) is 8.80.